The maximum Gasteiger partial charge on any atom is 0.254 e. The largest absolute Gasteiger partial charge is 0.454 e. The summed E-state index contributed by atoms with van der Waals surface area (Å²) < 4.78 is 10.2. The third-order valence-corrected chi connectivity index (χ3v) is 6.44. The van der Waals surface area contributed by atoms with Crippen LogP contribution in [0.25, 0.3) is 21.7 Å². The number of ether oxygens (including phenoxy) is 2. The zero-order valence-corrected chi connectivity index (χ0v) is 18.7. The summed E-state index contributed by atoms with van der Waals surface area (Å²) in [4.78, 5) is 18.4. The lowest BCUT2D eigenvalue weighted by atomic mass is 10.0. The summed E-state index contributed by atoms with van der Waals surface area (Å²) in [5, 5.41) is 3.56. The predicted molar refractivity (Wildman–Crippen MR) is 133 cm³/mol. The van der Waals surface area contributed by atoms with Crippen LogP contribution in [0.15, 0.2) is 91.0 Å². The number of nitrogens with zero attached hydrogens (tertiary/aromatic N) is 1. The molecule has 5 heteroatoms. The number of aromatic nitrogens is 1. The molecule has 5 nitrogen and oxygen atoms in total. The highest BCUT2D eigenvalue weighted by Crippen LogP contribution is 2.30. The maximum atomic E-state index is 13.0. The fraction of sp³-hybridized carbons (Fsp3) is 0.138. The Morgan fingerprint density at radius 3 is 2.32 bits per heavy atom. The summed E-state index contributed by atoms with van der Waals surface area (Å²) in [5.41, 5.74) is 4.45. The minimum atomic E-state index is 0.107. The van der Waals surface area contributed by atoms with Crippen LogP contribution < -0.4 is 9.47 Å². The summed E-state index contributed by atoms with van der Waals surface area (Å²) >= 11 is 0. The Hall–Kier alpha value is -4.25. The van der Waals surface area contributed by atoms with Crippen molar-refractivity contribution in [3.05, 3.63) is 108 Å². The highest BCUT2D eigenvalue weighted by atomic mass is 16.7. The SMILES string of the molecule is O=C(c1ccc2ccccc2c1)N1CCc2c([nH]c3ccccc23)C1.c1ccc2c(c1)OCO2. The van der Waals surface area contributed by atoms with Gasteiger partial charge in [0.1, 0.15) is 0 Å². The van der Waals surface area contributed by atoms with Crippen molar-refractivity contribution in [3.8, 4) is 11.5 Å². The van der Waals surface area contributed by atoms with Gasteiger partial charge in [0, 0.05) is 28.7 Å². The molecule has 3 heterocycles. The first kappa shape index (κ1) is 20.4. The fourth-order valence-electron chi connectivity index (χ4n) is 4.72. The number of hydrogen-bond acceptors (Lipinski definition) is 3. The highest BCUT2D eigenvalue weighted by Gasteiger charge is 2.24. The summed E-state index contributed by atoms with van der Waals surface area (Å²) in [6.45, 7) is 1.77. The monoisotopic (exact) mass is 448 g/mol. The second kappa shape index (κ2) is 8.60. The van der Waals surface area contributed by atoms with Crippen molar-refractivity contribution < 1.29 is 14.3 Å². The van der Waals surface area contributed by atoms with Crippen molar-refractivity contribution >= 4 is 27.6 Å². The summed E-state index contributed by atoms with van der Waals surface area (Å²) in [6, 6.07) is 30.1. The standard InChI is InChI=1S/C22H18N2O.C7H6O2/c25-22(17-10-9-15-5-1-2-6-16(15)13-17)24-12-11-19-18-7-3-4-8-20(18)23-21(19)14-24;1-2-4-7-6(3-1)8-5-9-7/h1-10,13,23H,11-12,14H2;1-4H,5H2. The lowest BCUT2D eigenvalue weighted by Gasteiger charge is -2.27. The molecule has 5 aromatic rings. The van der Waals surface area contributed by atoms with Crippen LogP contribution in [0.3, 0.4) is 0 Å². The first-order valence-corrected chi connectivity index (χ1v) is 11.5. The Morgan fingerprint density at radius 2 is 1.50 bits per heavy atom. The molecule has 1 N–H and O–H groups in total. The van der Waals surface area contributed by atoms with Gasteiger partial charge < -0.3 is 19.4 Å². The molecule has 2 aliphatic heterocycles. The lowest BCUT2D eigenvalue weighted by Crippen LogP contribution is -2.35. The molecular formula is C29H24N2O3. The van der Waals surface area contributed by atoms with E-state index in [4.69, 9.17) is 9.47 Å². The van der Waals surface area contributed by atoms with E-state index < -0.39 is 0 Å². The third kappa shape index (κ3) is 3.75. The molecule has 0 spiro atoms. The van der Waals surface area contributed by atoms with E-state index in [1.807, 2.05) is 65.6 Å². The van der Waals surface area contributed by atoms with Crippen LogP contribution in [0, 0.1) is 0 Å². The van der Waals surface area contributed by atoms with Gasteiger partial charge in [0.25, 0.3) is 5.91 Å². The average molecular weight is 449 g/mol. The van der Waals surface area contributed by atoms with Crippen molar-refractivity contribution in [2.24, 2.45) is 0 Å². The van der Waals surface area contributed by atoms with Gasteiger partial charge in [-0.1, -0.05) is 60.7 Å². The Morgan fingerprint density at radius 1 is 0.794 bits per heavy atom. The van der Waals surface area contributed by atoms with E-state index in [9.17, 15) is 4.79 Å². The molecule has 0 atom stereocenters. The Bertz CT molecular complexity index is 1480. The normalized spacial score (nSPS) is 13.9. The number of nitrogens with one attached hydrogen (secondary N) is 1. The molecule has 0 aliphatic carbocycles. The number of rotatable bonds is 1. The molecule has 0 fully saturated rings. The molecule has 0 saturated carbocycles. The molecule has 7 rings (SSSR count). The summed E-state index contributed by atoms with van der Waals surface area (Å²) in [7, 11) is 0. The van der Waals surface area contributed by atoms with Crippen LogP contribution in [0.5, 0.6) is 11.5 Å². The van der Waals surface area contributed by atoms with Gasteiger partial charge in [0.2, 0.25) is 6.79 Å². The van der Waals surface area contributed by atoms with E-state index in [1.165, 1.54) is 16.6 Å². The molecule has 0 unspecified atom stereocenters. The van der Waals surface area contributed by atoms with Crippen LogP contribution in [-0.4, -0.2) is 29.1 Å². The number of carbonyl (C=O) groups excluding carboxylic acids is 1. The van der Waals surface area contributed by atoms with Gasteiger partial charge in [-0.15, -0.1) is 0 Å². The molecule has 34 heavy (non-hydrogen) atoms. The first-order valence-electron chi connectivity index (χ1n) is 11.5. The highest BCUT2D eigenvalue weighted by molar-refractivity contribution is 5.99. The molecule has 168 valence electrons. The smallest absolute Gasteiger partial charge is 0.254 e. The zero-order valence-electron chi connectivity index (χ0n) is 18.7. The van der Waals surface area contributed by atoms with Gasteiger partial charge in [-0.2, -0.15) is 0 Å². The first-order chi connectivity index (χ1) is 16.8. The van der Waals surface area contributed by atoms with Gasteiger partial charge in [-0.25, -0.2) is 0 Å². The van der Waals surface area contributed by atoms with Gasteiger partial charge >= 0.3 is 0 Å². The fourth-order valence-corrected chi connectivity index (χ4v) is 4.72. The molecule has 4 aromatic carbocycles. The molecule has 0 saturated heterocycles. The van der Waals surface area contributed by atoms with Crippen LogP contribution in [0.2, 0.25) is 0 Å². The minimum absolute atomic E-state index is 0.107. The van der Waals surface area contributed by atoms with Crippen LogP contribution in [-0.2, 0) is 13.0 Å². The third-order valence-electron chi connectivity index (χ3n) is 6.44. The molecule has 0 bridgehead atoms. The van der Waals surface area contributed by atoms with Crippen molar-refractivity contribution in [3.63, 3.8) is 0 Å². The quantitative estimate of drug-likeness (QED) is 0.346. The van der Waals surface area contributed by atoms with Crippen molar-refractivity contribution in [1.29, 1.82) is 0 Å². The van der Waals surface area contributed by atoms with Gasteiger partial charge in [0.05, 0.1) is 6.54 Å². The van der Waals surface area contributed by atoms with E-state index in [0.29, 0.717) is 13.3 Å². The number of aromatic amines is 1. The van der Waals surface area contributed by atoms with Crippen LogP contribution in [0.4, 0.5) is 0 Å². The van der Waals surface area contributed by atoms with Gasteiger partial charge in [-0.05, 0) is 53.1 Å². The topological polar surface area (TPSA) is 54.6 Å². The Labute approximate surface area is 197 Å². The molecular weight excluding hydrogens is 424 g/mol. The van der Waals surface area contributed by atoms with Crippen molar-refractivity contribution in [1.82, 2.24) is 9.88 Å². The second-order valence-corrected chi connectivity index (χ2v) is 8.52. The average Bonchev–Trinajstić information content (AvgIpc) is 3.52. The lowest BCUT2D eigenvalue weighted by molar-refractivity contribution is 0.0733. The number of carbonyl (C=O) groups is 1. The number of hydrogen-bond donors (Lipinski definition) is 1. The van der Waals surface area contributed by atoms with Gasteiger partial charge in [-0.3, -0.25) is 4.79 Å². The number of fused-ring (bicyclic) bond motifs is 5. The molecule has 1 aromatic heterocycles. The van der Waals surface area contributed by atoms with Crippen molar-refractivity contribution in [2.45, 2.75) is 13.0 Å². The van der Waals surface area contributed by atoms with E-state index in [-0.39, 0.29) is 5.91 Å². The Kier molecular flexibility index (Phi) is 5.15. The van der Waals surface area contributed by atoms with Crippen molar-refractivity contribution in [2.75, 3.05) is 13.3 Å². The minimum Gasteiger partial charge on any atom is -0.454 e. The van der Waals surface area contributed by atoms with E-state index in [2.05, 4.69) is 35.3 Å². The maximum absolute atomic E-state index is 13.0. The molecule has 2 aliphatic rings. The number of amides is 1. The molecule has 0 radical (unpaired) electrons. The summed E-state index contributed by atoms with van der Waals surface area (Å²) in [5.74, 6) is 1.80. The van der Waals surface area contributed by atoms with Crippen LogP contribution >= 0.6 is 0 Å². The van der Waals surface area contributed by atoms with E-state index in [1.54, 1.807) is 0 Å². The number of benzene rings is 4. The Balaban J connectivity index is 0.000000202. The zero-order chi connectivity index (χ0) is 22.9. The van der Waals surface area contributed by atoms with Crippen LogP contribution in [0.1, 0.15) is 21.6 Å². The van der Waals surface area contributed by atoms with E-state index in [0.717, 1.165) is 46.3 Å². The van der Waals surface area contributed by atoms with Gasteiger partial charge in [0.15, 0.2) is 11.5 Å². The number of para-hydroxylation sites is 3. The summed E-state index contributed by atoms with van der Waals surface area (Å²) in [6.07, 6.45) is 0.901. The predicted octanol–water partition coefficient (Wildman–Crippen LogP) is 5.93. The van der Waals surface area contributed by atoms with E-state index >= 15 is 0 Å². The number of H-pyrrole nitrogens is 1. The second-order valence-electron chi connectivity index (χ2n) is 8.52. The molecule has 1 amide bonds.